The summed E-state index contributed by atoms with van der Waals surface area (Å²) in [5.41, 5.74) is -3.39. The summed E-state index contributed by atoms with van der Waals surface area (Å²) in [6.45, 7) is 2.72. The minimum absolute atomic E-state index is 0.193. The molecule has 5 nitrogen and oxygen atoms in total. The molecule has 114 valence electrons. The third-order valence-electron chi connectivity index (χ3n) is 3.04. The van der Waals surface area contributed by atoms with Crippen LogP contribution in [0.2, 0.25) is 0 Å². The van der Waals surface area contributed by atoms with Crippen molar-refractivity contribution in [2.45, 2.75) is 25.9 Å². The monoisotopic (exact) mass is 303 g/mol. The minimum Gasteiger partial charge on any atom is -0.473 e. The van der Waals surface area contributed by atoms with E-state index >= 15 is 0 Å². The lowest BCUT2D eigenvalue weighted by Gasteiger charge is -2.32. The van der Waals surface area contributed by atoms with E-state index in [0.717, 1.165) is 13.2 Å². The van der Waals surface area contributed by atoms with Crippen molar-refractivity contribution in [3.8, 4) is 5.75 Å². The van der Waals surface area contributed by atoms with Crippen LogP contribution in [0.25, 0.3) is 0 Å². The van der Waals surface area contributed by atoms with Crippen LogP contribution in [0, 0.1) is 5.82 Å². The Labute approximate surface area is 118 Å². The maximum Gasteiger partial charge on any atom is 0.338 e. The van der Waals surface area contributed by atoms with Crippen molar-refractivity contribution in [3.63, 3.8) is 0 Å². The molecule has 1 aromatic rings. The van der Waals surface area contributed by atoms with Gasteiger partial charge in [0.25, 0.3) is 12.3 Å². The fraction of sp³-hybridized carbons (Fsp3) is 0.385. The Morgan fingerprint density at radius 3 is 2.57 bits per heavy atom. The summed E-state index contributed by atoms with van der Waals surface area (Å²) in [4.78, 5) is 23.2. The number of hydrogen-bond acceptors (Lipinski definition) is 4. The average molecular weight is 303 g/mol. The van der Waals surface area contributed by atoms with Crippen LogP contribution in [-0.2, 0) is 9.53 Å². The van der Waals surface area contributed by atoms with E-state index in [4.69, 9.17) is 4.74 Å². The Morgan fingerprint density at radius 1 is 1.43 bits per heavy atom. The van der Waals surface area contributed by atoms with Gasteiger partial charge in [0.1, 0.15) is 0 Å². The van der Waals surface area contributed by atoms with Gasteiger partial charge in [-0.2, -0.15) is 0 Å². The van der Waals surface area contributed by atoms with Crippen LogP contribution in [0.15, 0.2) is 6.07 Å². The van der Waals surface area contributed by atoms with E-state index in [2.05, 4.69) is 10.1 Å². The zero-order valence-corrected chi connectivity index (χ0v) is 11.4. The van der Waals surface area contributed by atoms with Gasteiger partial charge in [-0.05, 0) is 19.9 Å². The topological polar surface area (TPSA) is 64.6 Å². The molecule has 0 saturated heterocycles. The Morgan fingerprint density at radius 2 is 2.05 bits per heavy atom. The number of carbonyl (C=O) groups is 2. The molecule has 0 spiro atoms. The quantitative estimate of drug-likeness (QED) is 0.853. The van der Waals surface area contributed by atoms with Gasteiger partial charge in [0.15, 0.2) is 17.2 Å². The van der Waals surface area contributed by atoms with Gasteiger partial charge >= 0.3 is 5.97 Å². The third kappa shape index (κ3) is 2.41. The van der Waals surface area contributed by atoms with Gasteiger partial charge in [-0.3, -0.25) is 4.79 Å². The number of anilines is 1. The van der Waals surface area contributed by atoms with E-state index in [0.29, 0.717) is 0 Å². The molecule has 0 saturated carbocycles. The standard InChI is InChI=1S/C13H12F3NO4/c1-13(2)12(19)17-6-4-5(11(18)20-3)7(10(15)16)8(14)9(6)21-13/h4,10H,1-3H3,(H,17,19). The van der Waals surface area contributed by atoms with Crippen LogP contribution < -0.4 is 10.1 Å². The molecule has 8 heteroatoms. The number of hydrogen-bond donors (Lipinski definition) is 1. The minimum atomic E-state index is -3.24. The lowest BCUT2D eigenvalue weighted by Crippen LogP contribution is -2.46. The molecule has 0 radical (unpaired) electrons. The number of carbonyl (C=O) groups excluding carboxylic acids is 2. The number of nitrogens with one attached hydrogen (secondary N) is 1. The molecule has 1 aliphatic heterocycles. The van der Waals surface area contributed by atoms with Crippen LogP contribution in [0.5, 0.6) is 5.75 Å². The third-order valence-corrected chi connectivity index (χ3v) is 3.04. The van der Waals surface area contributed by atoms with Gasteiger partial charge < -0.3 is 14.8 Å². The van der Waals surface area contributed by atoms with Crippen molar-refractivity contribution in [1.29, 1.82) is 0 Å². The van der Waals surface area contributed by atoms with E-state index in [-0.39, 0.29) is 5.69 Å². The van der Waals surface area contributed by atoms with Crippen molar-refractivity contribution in [2.75, 3.05) is 12.4 Å². The largest absolute Gasteiger partial charge is 0.473 e. The number of ether oxygens (including phenoxy) is 2. The molecule has 1 N–H and O–H groups in total. The highest BCUT2D eigenvalue weighted by Crippen LogP contribution is 2.42. The van der Waals surface area contributed by atoms with Crippen molar-refractivity contribution in [2.24, 2.45) is 0 Å². The van der Waals surface area contributed by atoms with Gasteiger partial charge in [0, 0.05) is 0 Å². The summed E-state index contributed by atoms with van der Waals surface area (Å²) >= 11 is 0. The first-order valence-corrected chi connectivity index (χ1v) is 5.92. The zero-order valence-electron chi connectivity index (χ0n) is 11.4. The number of alkyl halides is 2. The van der Waals surface area contributed by atoms with Crippen molar-refractivity contribution >= 4 is 17.6 Å². The normalized spacial score (nSPS) is 16.0. The first-order chi connectivity index (χ1) is 9.69. The summed E-state index contributed by atoms with van der Waals surface area (Å²) in [6.07, 6.45) is -3.24. The van der Waals surface area contributed by atoms with Crippen LogP contribution in [-0.4, -0.2) is 24.6 Å². The maximum absolute atomic E-state index is 14.3. The molecule has 0 aliphatic carbocycles. The molecule has 0 fully saturated rings. The average Bonchev–Trinajstić information content (AvgIpc) is 2.39. The van der Waals surface area contributed by atoms with Crippen molar-refractivity contribution in [3.05, 3.63) is 23.0 Å². The number of fused-ring (bicyclic) bond motifs is 1. The van der Waals surface area contributed by atoms with Crippen molar-refractivity contribution < 1.29 is 32.2 Å². The van der Waals surface area contributed by atoms with E-state index in [1.807, 2.05) is 0 Å². The van der Waals surface area contributed by atoms with E-state index in [1.165, 1.54) is 13.8 Å². The Hall–Kier alpha value is -2.25. The van der Waals surface area contributed by atoms with Crippen LogP contribution >= 0.6 is 0 Å². The highest BCUT2D eigenvalue weighted by atomic mass is 19.3. The Bertz CT molecular complexity index is 628. The zero-order chi connectivity index (χ0) is 15.9. The number of amides is 1. The summed E-state index contributed by atoms with van der Waals surface area (Å²) in [5, 5.41) is 2.32. The van der Waals surface area contributed by atoms with Gasteiger partial charge in [-0.1, -0.05) is 0 Å². The second-order valence-corrected chi connectivity index (χ2v) is 4.89. The molecule has 21 heavy (non-hydrogen) atoms. The highest BCUT2D eigenvalue weighted by molar-refractivity contribution is 6.02. The fourth-order valence-corrected chi connectivity index (χ4v) is 1.91. The molecule has 0 aromatic heterocycles. The van der Waals surface area contributed by atoms with E-state index in [1.54, 1.807) is 0 Å². The summed E-state index contributed by atoms with van der Waals surface area (Å²) in [5.74, 6) is -3.64. The molecule has 1 heterocycles. The smallest absolute Gasteiger partial charge is 0.338 e. The second-order valence-electron chi connectivity index (χ2n) is 4.89. The van der Waals surface area contributed by atoms with Crippen LogP contribution in [0.4, 0.5) is 18.9 Å². The maximum atomic E-state index is 14.3. The predicted octanol–water partition coefficient (Wildman–Crippen LogP) is 2.66. The SMILES string of the molecule is COC(=O)c1cc2c(c(F)c1C(F)F)OC(C)(C)C(=O)N2. The first kappa shape index (κ1) is 15.1. The molecule has 1 amide bonds. The first-order valence-electron chi connectivity index (χ1n) is 5.92. The molecular formula is C13H12F3NO4. The summed E-state index contributed by atoms with van der Waals surface area (Å²) in [6, 6.07) is 0.916. The van der Waals surface area contributed by atoms with Gasteiger partial charge in [0.2, 0.25) is 0 Å². The molecule has 0 bridgehead atoms. The van der Waals surface area contributed by atoms with Crippen LogP contribution in [0.3, 0.4) is 0 Å². The Balaban J connectivity index is 2.69. The summed E-state index contributed by atoms with van der Waals surface area (Å²) in [7, 11) is 0.979. The predicted molar refractivity (Wildman–Crippen MR) is 66.0 cm³/mol. The number of esters is 1. The van der Waals surface area contributed by atoms with Gasteiger partial charge in [0.05, 0.1) is 23.9 Å². The summed E-state index contributed by atoms with van der Waals surface area (Å²) < 4.78 is 49.8. The molecule has 1 aromatic carbocycles. The van der Waals surface area contributed by atoms with Gasteiger partial charge in [-0.25, -0.2) is 18.0 Å². The van der Waals surface area contributed by atoms with Crippen LogP contribution in [0.1, 0.15) is 36.2 Å². The highest BCUT2D eigenvalue weighted by Gasteiger charge is 2.40. The second kappa shape index (κ2) is 4.94. The lowest BCUT2D eigenvalue weighted by molar-refractivity contribution is -0.129. The molecular weight excluding hydrogens is 291 g/mol. The Kier molecular flexibility index (Phi) is 3.56. The number of methoxy groups -OCH3 is 1. The molecule has 0 atom stereocenters. The molecule has 1 aliphatic rings. The number of rotatable bonds is 2. The van der Waals surface area contributed by atoms with Gasteiger partial charge in [-0.15, -0.1) is 0 Å². The number of halogens is 3. The molecule has 2 rings (SSSR count). The van der Waals surface area contributed by atoms with E-state index in [9.17, 15) is 22.8 Å². The lowest BCUT2D eigenvalue weighted by atomic mass is 10.0. The van der Waals surface area contributed by atoms with Crippen molar-refractivity contribution in [1.82, 2.24) is 0 Å². The number of benzene rings is 1. The molecule has 0 unspecified atom stereocenters. The van der Waals surface area contributed by atoms with E-state index < -0.39 is 46.6 Å². The fourth-order valence-electron chi connectivity index (χ4n) is 1.91.